The van der Waals surface area contributed by atoms with Crippen molar-refractivity contribution < 1.29 is 15.3 Å². The zero-order valence-electron chi connectivity index (χ0n) is 8.10. The fraction of sp³-hybridized carbons (Fsp3) is 0.500. The first kappa shape index (κ1) is 12.2. The van der Waals surface area contributed by atoms with Gasteiger partial charge in [0.25, 0.3) is 11.0 Å². The molecule has 13 nitrogen and oxygen atoms in total. The zero-order valence-corrected chi connectivity index (χ0v) is 8.10. The number of aliphatic imine (C=N–C) groups is 1. The van der Waals surface area contributed by atoms with Gasteiger partial charge in [-0.05, 0) is 0 Å². The highest BCUT2D eigenvalue weighted by molar-refractivity contribution is 5.87. The third-order valence-electron chi connectivity index (χ3n) is 1.66. The fourth-order valence-corrected chi connectivity index (χ4v) is 1.20. The molecular formula is C4H8N8O5. The van der Waals surface area contributed by atoms with E-state index in [1.165, 1.54) is 0 Å². The Bertz CT molecular complexity index is 387. The first-order chi connectivity index (χ1) is 7.88. The van der Waals surface area contributed by atoms with Crippen molar-refractivity contribution in [2.75, 3.05) is 0 Å². The molecule has 2 aliphatic rings. The Hall–Kier alpha value is -2.86. The summed E-state index contributed by atoms with van der Waals surface area (Å²) in [5, 5.41) is 34.1. The Morgan fingerprint density at radius 1 is 1.35 bits per heavy atom. The largest absolute Gasteiger partial charge is 0.370 e. The monoisotopic (exact) mass is 248 g/mol. The molecule has 94 valence electrons. The minimum absolute atomic E-state index is 0.0868. The van der Waals surface area contributed by atoms with Gasteiger partial charge >= 0.3 is 0 Å². The van der Waals surface area contributed by atoms with Crippen LogP contribution in [0.4, 0.5) is 0 Å². The summed E-state index contributed by atoms with van der Waals surface area (Å²) in [6.07, 6.45) is -0.572. The normalized spacial score (nSPS) is 26.6. The van der Waals surface area contributed by atoms with Crippen molar-refractivity contribution in [1.82, 2.24) is 16.0 Å². The van der Waals surface area contributed by atoms with Crippen LogP contribution in [0.15, 0.2) is 10.1 Å². The summed E-state index contributed by atoms with van der Waals surface area (Å²) in [5.74, 6) is 0.388. The second kappa shape index (κ2) is 4.77. The lowest BCUT2D eigenvalue weighted by molar-refractivity contribution is -0.742. The van der Waals surface area contributed by atoms with E-state index in [-0.39, 0.29) is 18.3 Å². The minimum atomic E-state index is -1.50. The summed E-state index contributed by atoms with van der Waals surface area (Å²) in [4.78, 5) is 22.3. The van der Waals surface area contributed by atoms with E-state index in [0.29, 0.717) is 5.96 Å². The van der Waals surface area contributed by atoms with E-state index in [1.54, 1.807) is 0 Å². The van der Waals surface area contributed by atoms with Crippen LogP contribution in [0, 0.1) is 20.2 Å². The molecule has 2 aliphatic heterocycles. The molecule has 0 aliphatic carbocycles. The van der Waals surface area contributed by atoms with Gasteiger partial charge in [-0.25, -0.2) is 15.1 Å². The first-order valence-corrected chi connectivity index (χ1v) is 4.07. The molecule has 0 radical (unpaired) electrons. The molecule has 0 aromatic carbocycles. The van der Waals surface area contributed by atoms with Crippen molar-refractivity contribution in [3.63, 3.8) is 0 Å². The summed E-state index contributed by atoms with van der Waals surface area (Å²) < 4.78 is 0. The summed E-state index contributed by atoms with van der Waals surface area (Å²) >= 11 is 0. The Morgan fingerprint density at radius 3 is 2.41 bits per heavy atom. The molecule has 13 heteroatoms. The van der Waals surface area contributed by atoms with Crippen LogP contribution in [0.3, 0.4) is 0 Å². The zero-order chi connectivity index (χ0) is 13.0. The number of hydrogen-bond donors (Lipinski definition) is 5. The van der Waals surface area contributed by atoms with Crippen LogP contribution in [0.1, 0.15) is 0 Å². The van der Waals surface area contributed by atoms with E-state index < -0.39 is 10.1 Å². The molecule has 0 bridgehead atoms. The van der Waals surface area contributed by atoms with E-state index in [4.69, 9.17) is 21.1 Å². The predicted octanol–water partition coefficient (Wildman–Crippen LogP) is -3.05. The van der Waals surface area contributed by atoms with E-state index in [2.05, 4.69) is 26.0 Å². The van der Waals surface area contributed by atoms with Gasteiger partial charge in [0.05, 0.1) is 0 Å². The fourth-order valence-electron chi connectivity index (χ4n) is 1.20. The quantitative estimate of drug-likeness (QED) is 0.236. The van der Waals surface area contributed by atoms with Gasteiger partial charge in [-0.15, -0.1) is 10.1 Å². The highest BCUT2D eigenvalue weighted by Gasteiger charge is 2.36. The number of hydrazone groups is 1. The number of nitrogens with zero attached hydrogens (tertiary/aromatic N) is 4. The maximum atomic E-state index is 10.00. The molecule has 2 unspecified atom stereocenters. The first-order valence-electron chi connectivity index (χ1n) is 4.07. The highest BCUT2D eigenvalue weighted by Crippen LogP contribution is 2.05. The van der Waals surface area contributed by atoms with Crippen LogP contribution in [0.2, 0.25) is 0 Å². The molecule has 0 amide bonds. The molecule has 0 aromatic heterocycles. The predicted molar refractivity (Wildman–Crippen MR) is 51.8 cm³/mol. The summed E-state index contributed by atoms with van der Waals surface area (Å²) in [7, 11) is 0. The number of hydrogen-bond acceptors (Lipinski definition) is 7. The molecule has 0 aromatic rings. The molecule has 1 saturated heterocycles. The number of rotatable bonds is 1. The Kier molecular flexibility index (Phi) is 3.43. The van der Waals surface area contributed by atoms with Crippen LogP contribution in [0.5, 0.6) is 0 Å². The van der Waals surface area contributed by atoms with Gasteiger partial charge in [0.1, 0.15) is 11.3 Å². The van der Waals surface area contributed by atoms with Crippen LogP contribution >= 0.6 is 0 Å². The number of nitrogens with two attached hydrogens (primary N) is 1. The van der Waals surface area contributed by atoms with Gasteiger partial charge in [0.2, 0.25) is 0 Å². The van der Waals surface area contributed by atoms with Gasteiger partial charge in [0.15, 0.2) is 17.2 Å². The topological polar surface area (TPSA) is 193 Å². The lowest BCUT2D eigenvalue weighted by Gasteiger charge is -2.05. The Morgan fingerprint density at radius 2 is 1.94 bits per heavy atom. The van der Waals surface area contributed by atoms with Crippen molar-refractivity contribution in [2.24, 2.45) is 15.8 Å². The lowest BCUT2D eigenvalue weighted by Crippen LogP contribution is -2.44. The average Bonchev–Trinajstić information content (AvgIpc) is 2.57. The van der Waals surface area contributed by atoms with E-state index >= 15 is 0 Å². The number of guanidine groups is 2. The molecule has 2 heterocycles. The van der Waals surface area contributed by atoms with Crippen molar-refractivity contribution >= 4 is 11.9 Å². The molecule has 0 spiro atoms. The average molecular weight is 248 g/mol. The summed E-state index contributed by atoms with van der Waals surface area (Å²) in [5.41, 5.74) is 5.36. The van der Waals surface area contributed by atoms with Crippen molar-refractivity contribution in [2.45, 2.75) is 12.3 Å². The summed E-state index contributed by atoms with van der Waals surface area (Å²) in [6, 6.07) is 0. The van der Waals surface area contributed by atoms with Gasteiger partial charge in [0, 0.05) is 0 Å². The van der Waals surface area contributed by atoms with E-state index in [9.17, 15) is 10.1 Å². The van der Waals surface area contributed by atoms with Gasteiger partial charge in [-0.3, -0.25) is 0 Å². The Labute approximate surface area is 92.6 Å². The minimum Gasteiger partial charge on any atom is -0.370 e. The third kappa shape index (κ3) is 3.65. The third-order valence-corrected chi connectivity index (χ3v) is 1.66. The van der Waals surface area contributed by atoms with Crippen LogP contribution < -0.4 is 21.7 Å². The number of nitrogens with one attached hydrogen (secondary N) is 3. The molecule has 17 heavy (non-hydrogen) atoms. The lowest BCUT2D eigenvalue weighted by atomic mass is 10.4. The standard InChI is InChI=1S/C4H7N7O2.HNO3/c5-3-6-1-2(7-3)9-4(8-1)10-11(12)13;2-1(3)4/h1-2H,(H3,5,6,7)(H2,8,9,10);(H,2,3,4). The van der Waals surface area contributed by atoms with Crippen molar-refractivity contribution in [3.05, 3.63) is 20.2 Å². The van der Waals surface area contributed by atoms with Crippen molar-refractivity contribution in [1.29, 1.82) is 0 Å². The van der Waals surface area contributed by atoms with Gasteiger partial charge < -0.3 is 26.9 Å². The Balaban J connectivity index is 0.000000317. The van der Waals surface area contributed by atoms with Crippen molar-refractivity contribution in [3.8, 4) is 0 Å². The van der Waals surface area contributed by atoms with Gasteiger partial charge in [-0.1, -0.05) is 0 Å². The second-order valence-corrected chi connectivity index (χ2v) is 2.79. The molecule has 2 atom stereocenters. The maximum absolute atomic E-state index is 10.00. The second-order valence-electron chi connectivity index (χ2n) is 2.79. The highest BCUT2D eigenvalue weighted by atomic mass is 16.9. The molecule has 2 rings (SSSR count). The summed E-state index contributed by atoms with van der Waals surface area (Å²) in [6.45, 7) is 0. The van der Waals surface area contributed by atoms with E-state index in [1.807, 2.05) is 0 Å². The number of fused-ring (bicyclic) bond motifs is 1. The van der Waals surface area contributed by atoms with E-state index in [0.717, 1.165) is 0 Å². The molecule has 0 saturated carbocycles. The van der Waals surface area contributed by atoms with Crippen LogP contribution in [0.25, 0.3) is 0 Å². The maximum Gasteiger partial charge on any atom is 0.291 e. The molecule has 6 N–H and O–H groups in total. The molecule has 1 fully saturated rings. The van der Waals surface area contributed by atoms with Gasteiger partial charge in [-0.2, -0.15) is 0 Å². The van der Waals surface area contributed by atoms with Crippen LogP contribution in [-0.2, 0) is 0 Å². The molecular weight excluding hydrogens is 240 g/mol. The smallest absolute Gasteiger partial charge is 0.291 e. The van der Waals surface area contributed by atoms with Crippen LogP contribution in [-0.4, -0.2) is 39.6 Å². The SMILES string of the molecule is NC1=NC2NC(=N[N+](=O)[O-])NC2N1.O=[N+]([O-])O. The number of nitro groups is 1.